The Kier molecular flexibility index (Phi) is 8.43. The van der Waals surface area contributed by atoms with Gasteiger partial charge >= 0.3 is 0 Å². The summed E-state index contributed by atoms with van der Waals surface area (Å²) in [4.78, 5) is 15.7. The molecular formula is C63H37N5OS. The van der Waals surface area contributed by atoms with Crippen LogP contribution >= 0.6 is 11.3 Å². The van der Waals surface area contributed by atoms with E-state index in [0.29, 0.717) is 17.5 Å². The van der Waals surface area contributed by atoms with Gasteiger partial charge in [-0.25, -0.2) is 15.0 Å². The van der Waals surface area contributed by atoms with Crippen LogP contribution in [0.4, 0.5) is 0 Å². The normalized spacial score (nSPS) is 12.0. The van der Waals surface area contributed by atoms with Crippen molar-refractivity contribution in [1.29, 1.82) is 0 Å². The van der Waals surface area contributed by atoms with Crippen LogP contribution in [0, 0.1) is 0 Å². The molecule has 5 heterocycles. The quantitative estimate of drug-likeness (QED) is 0.167. The Bertz CT molecular complexity index is 4550. The SMILES string of the molecule is c1ccc(-c2nc(-c3ccc4c(c3)oc3cc(-n5c6ccccc6c6ccccc65)ccc34)nc(-c3cccc4sc5ccc(-c6ccc7c(c6)c6ccccc6n7-c6ccccc6)cc5c34)n2)cc1. The van der Waals surface area contributed by atoms with E-state index >= 15 is 0 Å². The van der Waals surface area contributed by atoms with E-state index in [1.54, 1.807) is 11.3 Å². The van der Waals surface area contributed by atoms with E-state index in [9.17, 15) is 0 Å². The lowest BCUT2D eigenvalue weighted by atomic mass is 9.99. The Morgan fingerprint density at radius 2 is 0.857 bits per heavy atom. The van der Waals surface area contributed by atoms with Crippen molar-refractivity contribution in [2.45, 2.75) is 0 Å². The molecule has 326 valence electrons. The fraction of sp³-hybridized carbons (Fsp3) is 0. The van der Waals surface area contributed by atoms with Crippen molar-refractivity contribution in [3.63, 3.8) is 0 Å². The average molecular weight is 912 g/mol. The summed E-state index contributed by atoms with van der Waals surface area (Å²) in [6, 6.07) is 79.7. The minimum absolute atomic E-state index is 0.581. The van der Waals surface area contributed by atoms with Gasteiger partial charge in [-0.1, -0.05) is 133 Å². The molecule has 0 aliphatic rings. The molecule has 0 spiro atoms. The highest BCUT2D eigenvalue weighted by Crippen LogP contribution is 2.43. The molecule has 0 unspecified atom stereocenters. The van der Waals surface area contributed by atoms with E-state index in [4.69, 9.17) is 19.4 Å². The molecule has 0 N–H and O–H groups in total. The molecule has 15 aromatic rings. The molecule has 7 heteroatoms. The van der Waals surface area contributed by atoms with Gasteiger partial charge in [-0.15, -0.1) is 11.3 Å². The van der Waals surface area contributed by atoms with E-state index in [-0.39, 0.29) is 0 Å². The van der Waals surface area contributed by atoms with Gasteiger partial charge in [-0.05, 0) is 96.1 Å². The Balaban J connectivity index is 0.864. The molecule has 0 saturated heterocycles. The van der Waals surface area contributed by atoms with Gasteiger partial charge in [0.2, 0.25) is 0 Å². The largest absolute Gasteiger partial charge is 0.456 e. The first kappa shape index (κ1) is 38.9. The van der Waals surface area contributed by atoms with Crippen LogP contribution < -0.4 is 0 Å². The van der Waals surface area contributed by atoms with Crippen molar-refractivity contribution in [1.82, 2.24) is 24.1 Å². The highest BCUT2D eigenvalue weighted by atomic mass is 32.1. The van der Waals surface area contributed by atoms with Gasteiger partial charge in [-0.3, -0.25) is 0 Å². The highest BCUT2D eigenvalue weighted by Gasteiger charge is 2.20. The van der Waals surface area contributed by atoms with E-state index in [2.05, 4.69) is 215 Å². The summed E-state index contributed by atoms with van der Waals surface area (Å²) >= 11 is 1.80. The molecular weight excluding hydrogens is 875 g/mol. The first-order valence-electron chi connectivity index (χ1n) is 23.5. The maximum atomic E-state index is 6.73. The Morgan fingerprint density at radius 3 is 1.59 bits per heavy atom. The fourth-order valence-electron chi connectivity index (χ4n) is 10.8. The van der Waals surface area contributed by atoms with Gasteiger partial charge in [0.1, 0.15) is 11.2 Å². The summed E-state index contributed by atoms with van der Waals surface area (Å²) in [6.07, 6.45) is 0. The number of hydrogen-bond acceptors (Lipinski definition) is 5. The van der Waals surface area contributed by atoms with Crippen molar-refractivity contribution < 1.29 is 4.42 Å². The lowest BCUT2D eigenvalue weighted by Gasteiger charge is -2.10. The third kappa shape index (κ3) is 5.95. The van der Waals surface area contributed by atoms with Crippen molar-refractivity contribution in [3.05, 3.63) is 224 Å². The van der Waals surface area contributed by atoms with Crippen molar-refractivity contribution in [3.8, 4) is 56.7 Å². The number of fused-ring (bicyclic) bond motifs is 12. The van der Waals surface area contributed by atoms with Crippen LogP contribution in [0.3, 0.4) is 0 Å². The minimum Gasteiger partial charge on any atom is -0.456 e. The molecule has 15 rings (SSSR count). The molecule has 0 aliphatic carbocycles. The summed E-state index contributed by atoms with van der Waals surface area (Å²) in [5.41, 5.74) is 13.6. The maximum Gasteiger partial charge on any atom is 0.164 e. The first-order chi connectivity index (χ1) is 34.7. The van der Waals surface area contributed by atoms with Crippen LogP contribution in [0.2, 0.25) is 0 Å². The summed E-state index contributed by atoms with van der Waals surface area (Å²) < 4.78 is 13.8. The Labute approximate surface area is 404 Å². The molecule has 0 radical (unpaired) electrons. The number of benzene rings is 10. The molecule has 0 aliphatic heterocycles. The lowest BCUT2D eigenvalue weighted by Crippen LogP contribution is -2.00. The van der Waals surface area contributed by atoms with E-state index in [1.807, 2.05) is 18.2 Å². The second-order valence-electron chi connectivity index (χ2n) is 17.9. The number of nitrogens with zero attached hydrogens (tertiary/aromatic N) is 5. The summed E-state index contributed by atoms with van der Waals surface area (Å²) in [7, 11) is 0. The van der Waals surface area contributed by atoms with Gasteiger partial charge in [-0.2, -0.15) is 0 Å². The fourth-order valence-corrected chi connectivity index (χ4v) is 11.9. The van der Waals surface area contributed by atoms with E-state index in [1.165, 1.54) is 52.9 Å². The third-order valence-corrected chi connectivity index (χ3v) is 15.1. The van der Waals surface area contributed by atoms with Crippen molar-refractivity contribution >= 4 is 97.1 Å². The number of aromatic nitrogens is 5. The summed E-state index contributed by atoms with van der Waals surface area (Å²) in [5.74, 6) is 1.81. The molecule has 0 fully saturated rings. The zero-order valence-corrected chi connectivity index (χ0v) is 38.2. The van der Waals surface area contributed by atoms with Gasteiger partial charge in [0.15, 0.2) is 17.5 Å². The van der Waals surface area contributed by atoms with Crippen molar-refractivity contribution in [2.24, 2.45) is 0 Å². The Hall–Kier alpha value is -9.17. The third-order valence-electron chi connectivity index (χ3n) is 14.0. The predicted octanol–water partition coefficient (Wildman–Crippen LogP) is 17.0. The standard InChI is InChI=1S/C63H37N5OS/c1-3-14-38(15-4-1)61-64-62(41-26-30-47-48-31-29-43(37-57(48)69-56(47)36-41)68-52-22-10-7-18-44(52)45-19-8-11-23-53(45)68)66-63(65-61)49-21-13-25-59-60(49)51-35-40(28-33-58(51)70-59)39-27-32-55-50(34-39)46-20-9-12-24-54(46)67(55)42-16-5-2-6-17-42/h1-37H. The number of rotatable bonds is 6. The van der Waals surface area contributed by atoms with Crippen LogP contribution in [-0.2, 0) is 0 Å². The van der Waals surface area contributed by atoms with Gasteiger partial charge < -0.3 is 13.6 Å². The van der Waals surface area contributed by atoms with Crippen LogP contribution in [0.15, 0.2) is 229 Å². The molecule has 0 saturated carbocycles. The predicted molar refractivity (Wildman–Crippen MR) is 290 cm³/mol. The summed E-state index contributed by atoms with van der Waals surface area (Å²) in [6.45, 7) is 0. The number of thiophene rings is 1. The molecule has 70 heavy (non-hydrogen) atoms. The number of hydrogen-bond donors (Lipinski definition) is 0. The van der Waals surface area contributed by atoms with Gasteiger partial charge in [0.25, 0.3) is 0 Å². The molecule has 0 bridgehead atoms. The van der Waals surface area contributed by atoms with E-state index < -0.39 is 0 Å². The molecule has 0 amide bonds. The monoisotopic (exact) mass is 911 g/mol. The molecule has 0 atom stereocenters. The highest BCUT2D eigenvalue weighted by molar-refractivity contribution is 7.26. The molecule has 10 aromatic carbocycles. The minimum atomic E-state index is 0.581. The van der Waals surface area contributed by atoms with Crippen molar-refractivity contribution in [2.75, 3.05) is 0 Å². The number of furan rings is 1. The summed E-state index contributed by atoms with van der Waals surface area (Å²) in [5, 5.41) is 9.31. The van der Waals surface area contributed by atoms with Crippen LogP contribution in [0.1, 0.15) is 0 Å². The zero-order valence-electron chi connectivity index (χ0n) is 37.4. The first-order valence-corrected chi connectivity index (χ1v) is 24.3. The Morgan fingerprint density at radius 1 is 0.314 bits per heavy atom. The van der Waals surface area contributed by atoms with Crippen LogP contribution in [0.5, 0.6) is 0 Å². The molecule has 5 aromatic heterocycles. The van der Waals surface area contributed by atoms with E-state index in [0.717, 1.165) is 72.0 Å². The topological polar surface area (TPSA) is 61.7 Å². The number of para-hydroxylation sites is 4. The zero-order chi connectivity index (χ0) is 45.9. The van der Waals surface area contributed by atoms with Crippen LogP contribution in [0.25, 0.3) is 142 Å². The second-order valence-corrected chi connectivity index (χ2v) is 19.0. The lowest BCUT2D eigenvalue weighted by molar-refractivity contribution is 0.668. The smallest absolute Gasteiger partial charge is 0.164 e. The maximum absolute atomic E-state index is 6.73. The van der Waals surface area contributed by atoms with Crippen LogP contribution in [-0.4, -0.2) is 24.1 Å². The molecule has 6 nitrogen and oxygen atoms in total. The second kappa shape index (κ2) is 15.2. The van der Waals surface area contributed by atoms with Gasteiger partial charge in [0, 0.05) is 86.6 Å². The van der Waals surface area contributed by atoms with Gasteiger partial charge in [0.05, 0.1) is 22.1 Å². The average Bonchev–Trinajstić information content (AvgIpc) is 4.18.